The summed E-state index contributed by atoms with van der Waals surface area (Å²) in [5, 5.41) is 0.488. The largest absolute Gasteiger partial charge is 0.491 e. The van der Waals surface area contributed by atoms with Gasteiger partial charge in [-0.1, -0.05) is 17.7 Å². The Morgan fingerprint density at radius 2 is 2.10 bits per heavy atom. The molecule has 2 rings (SSSR count). The second-order valence-corrected chi connectivity index (χ2v) is 4.71. The van der Waals surface area contributed by atoms with E-state index in [9.17, 15) is 9.59 Å². The zero-order chi connectivity index (χ0) is 14.5. The van der Waals surface area contributed by atoms with E-state index in [1.165, 1.54) is 13.0 Å². The number of carbonyl (C=O) groups is 1. The number of aromatic nitrogens is 1. The Bertz CT molecular complexity index is 679. The van der Waals surface area contributed by atoms with Crippen LogP contribution in [0.15, 0.2) is 47.4 Å². The highest BCUT2D eigenvalue weighted by Gasteiger charge is 2.09. The average Bonchev–Trinajstić information content (AvgIpc) is 2.42. The SMILES string of the molecule is CC(=O)c1cc(Cl)ccc1OCCn1ccccc1=O. The lowest BCUT2D eigenvalue weighted by Gasteiger charge is -2.11. The first kappa shape index (κ1) is 14.3. The van der Waals surface area contributed by atoms with Gasteiger partial charge in [0.1, 0.15) is 12.4 Å². The monoisotopic (exact) mass is 291 g/mol. The Labute approximate surface area is 121 Å². The number of ether oxygens (including phenoxy) is 1. The molecular formula is C15H14ClNO3. The van der Waals surface area contributed by atoms with E-state index in [2.05, 4.69) is 0 Å². The zero-order valence-electron chi connectivity index (χ0n) is 11.0. The molecule has 0 radical (unpaired) electrons. The number of ketones is 1. The van der Waals surface area contributed by atoms with Gasteiger partial charge < -0.3 is 9.30 Å². The predicted molar refractivity (Wildman–Crippen MR) is 77.7 cm³/mol. The molecule has 1 heterocycles. The van der Waals surface area contributed by atoms with Crippen molar-refractivity contribution >= 4 is 17.4 Å². The normalized spacial score (nSPS) is 10.3. The topological polar surface area (TPSA) is 48.3 Å². The van der Waals surface area contributed by atoms with Gasteiger partial charge in [0.15, 0.2) is 5.78 Å². The van der Waals surface area contributed by atoms with Crippen LogP contribution in [-0.2, 0) is 6.54 Å². The molecule has 5 heteroatoms. The fourth-order valence-corrected chi connectivity index (χ4v) is 1.97. The second kappa shape index (κ2) is 6.39. The van der Waals surface area contributed by atoms with Gasteiger partial charge in [-0.15, -0.1) is 0 Å². The van der Waals surface area contributed by atoms with E-state index in [4.69, 9.17) is 16.3 Å². The van der Waals surface area contributed by atoms with Crippen LogP contribution >= 0.6 is 11.6 Å². The maximum absolute atomic E-state index is 11.5. The number of hydrogen-bond acceptors (Lipinski definition) is 3. The zero-order valence-corrected chi connectivity index (χ0v) is 11.8. The van der Waals surface area contributed by atoms with Crippen LogP contribution in [0.5, 0.6) is 5.75 Å². The lowest BCUT2D eigenvalue weighted by Crippen LogP contribution is -2.21. The number of Topliss-reactive ketones (excluding diaryl/α,β-unsaturated/α-hetero) is 1. The minimum atomic E-state index is -0.112. The lowest BCUT2D eigenvalue weighted by molar-refractivity contribution is 0.101. The number of rotatable bonds is 5. The molecule has 0 saturated carbocycles. The van der Waals surface area contributed by atoms with E-state index in [1.807, 2.05) is 0 Å². The Morgan fingerprint density at radius 3 is 2.80 bits per heavy atom. The maximum atomic E-state index is 11.5. The first-order valence-electron chi connectivity index (χ1n) is 6.16. The number of nitrogens with zero attached hydrogens (tertiary/aromatic N) is 1. The van der Waals surface area contributed by atoms with Crippen molar-refractivity contribution < 1.29 is 9.53 Å². The van der Waals surface area contributed by atoms with Crippen molar-refractivity contribution in [1.29, 1.82) is 0 Å². The molecule has 2 aromatic rings. The molecule has 0 spiro atoms. The Kier molecular flexibility index (Phi) is 4.58. The van der Waals surface area contributed by atoms with Crippen molar-refractivity contribution in [2.75, 3.05) is 6.61 Å². The third-order valence-corrected chi connectivity index (χ3v) is 3.04. The van der Waals surface area contributed by atoms with Crippen LogP contribution in [0.2, 0.25) is 5.02 Å². The van der Waals surface area contributed by atoms with Gasteiger partial charge in [0, 0.05) is 17.3 Å². The third-order valence-electron chi connectivity index (χ3n) is 2.81. The molecule has 0 aliphatic rings. The first-order chi connectivity index (χ1) is 9.58. The highest BCUT2D eigenvalue weighted by Crippen LogP contribution is 2.23. The highest BCUT2D eigenvalue weighted by atomic mass is 35.5. The number of carbonyl (C=O) groups excluding carboxylic acids is 1. The smallest absolute Gasteiger partial charge is 0.250 e. The average molecular weight is 292 g/mol. The van der Waals surface area contributed by atoms with E-state index in [-0.39, 0.29) is 11.3 Å². The van der Waals surface area contributed by atoms with Crippen LogP contribution in [0.1, 0.15) is 17.3 Å². The fourth-order valence-electron chi connectivity index (χ4n) is 1.80. The standard InChI is InChI=1S/C15H14ClNO3/c1-11(18)13-10-12(16)5-6-14(13)20-9-8-17-7-3-2-4-15(17)19/h2-7,10H,8-9H2,1H3. The van der Waals surface area contributed by atoms with Crippen molar-refractivity contribution in [3.63, 3.8) is 0 Å². The van der Waals surface area contributed by atoms with Crippen molar-refractivity contribution in [1.82, 2.24) is 4.57 Å². The van der Waals surface area contributed by atoms with E-state index in [0.29, 0.717) is 29.5 Å². The van der Waals surface area contributed by atoms with Gasteiger partial charge in [-0.05, 0) is 31.2 Å². The highest BCUT2D eigenvalue weighted by molar-refractivity contribution is 6.31. The van der Waals surface area contributed by atoms with Gasteiger partial charge in [-0.2, -0.15) is 0 Å². The summed E-state index contributed by atoms with van der Waals surface area (Å²) in [5.41, 5.74) is 0.358. The van der Waals surface area contributed by atoms with E-state index in [0.717, 1.165) is 0 Å². The minimum Gasteiger partial charge on any atom is -0.491 e. The molecule has 4 nitrogen and oxygen atoms in total. The molecule has 0 N–H and O–H groups in total. The Morgan fingerprint density at radius 1 is 1.30 bits per heavy atom. The molecule has 104 valence electrons. The molecule has 0 fully saturated rings. The predicted octanol–water partition coefficient (Wildman–Crippen LogP) is 2.78. The van der Waals surface area contributed by atoms with E-state index in [1.54, 1.807) is 41.1 Å². The lowest BCUT2D eigenvalue weighted by atomic mass is 10.1. The fraction of sp³-hybridized carbons (Fsp3) is 0.200. The van der Waals surface area contributed by atoms with Gasteiger partial charge in [0.05, 0.1) is 12.1 Å². The summed E-state index contributed by atoms with van der Waals surface area (Å²) >= 11 is 5.86. The van der Waals surface area contributed by atoms with Crippen LogP contribution in [0, 0.1) is 0 Å². The van der Waals surface area contributed by atoms with Gasteiger partial charge in [-0.3, -0.25) is 9.59 Å². The van der Waals surface area contributed by atoms with Crippen LogP contribution in [0.4, 0.5) is 0 Å². The summed E-state index contributed by atoms with van der Waals surface area (Å²) in [6.07, 6.45) is 1.69. The van der Waals surface area contributed by atoms with Crippen LogP contribution < -0.4 is 10.3 Å². The molecule has 0 aliphatic carbocycles. The second-order valence-electron chi connectivity index (χ2n) is 4.28. The Balaban J connectivity index is 2.07. The maximum Gasteiger partial charge on any atom is 0.250 e. The third kappa shape index (κ3) is 3.48. The molecule has 20 heavy (non-hydrogen) atoms. The van der Waals surface area contributed by atoms with Gasteiger partial charge in [0.25, 0.3) is 5.56 Å². The molecule has 0 unspecified atom stereocenters. The summed E-state index contributed by atoms with van der Waals surface area (Å²) < 4.78 is 7.12. The van der Waals surface area contributed by atoms with Crippen molar-refractivity contribution in [2.45, 2.75) is 13.5 Å². The number of benzene rings is 1. The van der Waals surface area contributed by atoms with E-state index >= 15 is 0 Å². The number of pyridine rings is 1. The quantitative estimate of drug-likeness (QED) is 0.796. The first-order valence-corrected chi connectivity index (χ1v) is 6.54. The van der Waals surface area contributed by atoms with Gasteiger partial charge >= 0.3 is 0 Å². The molecular weight excluding hydrogens is 278 g/mol. The van der Waals surface area contributed by atoms with Gasteiger partial charge in [-0.25, -0.2) is 0 Å². The summed E-state index contributed by atoms with van der Waals surface area (Å²) in [6.45, 7) is 2.17. The molecule has 0 saturated heterocycles. The summed E-state index contributed by atoms with van der Waals surface area (Å²) in [5.74, 6) is 0.366. The van der Waals surface area contributed by atoms with Crippen molar-refractivity contribution in [3.8, 4) is 5.75 Å². The van der Waals surface area contributed by atoms with Gasteiger partial charge in [0.2, 0.25) is 0 Å². The number of halogens is 1. The van der Waals surface area contributed by atoms with Crippen LogP contribution in [-0.4, -0.2) is 17.0 Å². The van der Waals surface area contributed by atoms with E-state index < -0.39 is 0 Å². The van der Waals surface area contributed by atoms with Crippen molar-refractivity contribution in [2.24, 2.45) is 0 Å². The molecule has 0 amide bonds. The molecule has 1 aromatic heterocycles. The minimum absolute atomic E-state index is 0.0843. The molecule has 0 aliphatic heterocycles. The molecule has 0 bridgehead atoms. The summed E-state index contributed by atoms with van der Waals surface area (Å²) in [6, 6.07) is 9.86. The number of hydrogen-bond donors (Lipinski definition) is 0. The summed E-state index contributed by atoms with van der Waals surface area (Å²) in [7, 11) is 0. The van der Waals surface area contributed by atoms with Crippen LogP contribution in [0.3, 0.4) is 0 Å². The van der Waals surface area contributed by atoms with Crippen molar-refractivity contribution in [3.05, 3.63) is 63.5 Å². The molecule has 0 atom stereocenters. The summed E-state index contributed by atoms with van der Waals surface area (Å²) in [4.78, 5) is 23.0. The van der Waals surface area contributed by atoms with Crippen LogP contribution in [0.25, 0.3) is 0 Å². The molecule has 1 aromatic carbocycles. The Hall–Kier alpha value is -2.07.